The van der Waals surface area contributed by atoms with Gasteiger partial charge in [-0.25, -0.2) is 5.01 Å². The second-order valence-corrected chi connectivity index (χ2v) is 6.54. The molecular weight excluding hydrogens is 324 g/mol. The van der Waals surface area contributed by atoms with Gasteiger partial charge in [-0.2, -0.15) is 0 Å². The van der Waals surface area contributed by atoms with Crippen LogP contribution in [-0.2, 0) is 0 Å². The van der Waals surface area contributed by atoms with Gasteiger partial charge in [0.15, 0.2) is 0 Å². The number of aliphatic hydroxyl groups excluding tert-OH is 1. The molecule has 0 fully saturated rings. The Hall–Kier alpha value is -1.82. The van der Waals surface area contributed by atoms with Gasteiger partial charge in [0, 0.05) is 31.5 Å². The molecule has 0 saturated heterocycles. The van der Waals surface area contributed by atoms with Crippen LogP contribution in [0.4, 0.5) is 11.4 Å². The van der Waals surface area contributed by atoms with Crippen molar-refractivity contribution in [2.75, 3.05) is 37.8 Å². The molecule has 0 saturated carbocycles. The summed E-state index contributed by atoms with van der Waals surface area (Å²) in [5.74, 6) is 5.41. The molecule has 0 amide bonds. The van der Waals surface area contributed by atoms with E-state index in [0.29, 0.717) is 12.0 Å². The lowest BCUT2D eigenvalue weighted by atomic mass is 9.97. The fourth-order valence-corrected chi connectivity index (χ4v) is 1.73. The fourth-order valence-electron chi connectivity index (χ4n) is 1.73. The molecule has 0 radical (unpaired) electrons. The number of nitrogens with zero attached hydrogens (tertiary/aromatic N) is 1. The van der Waals surface area contributed by atoms with Gasteiger partial charge in [-0.15, -0.1) is 6.58 Å². The fraction of sp³-hybridized carbons (Fsp3) is 0.524. The number of allylic oxidation sites excluding steroid dienone is 1. The zero-order valence-electron chi connectivity index (χ0n) is 17.9. The van der Waals surface area contributed by atoms with Crippen LogP contribution in [0.1, 0.15) is 41.5 Å². The second kappa shape index (κ2) is 19.5. The lowest BCUT2D eigenvalue weighted by molar-refractivity contribution is 0.232. The number of rotatable bonds is 5. The molecule has 0 atom stereocenters. The van der Waals surface area contributed by atoms with Crippen LogP contribution in [0.3, 0.4) is 0 Å². The number of hydrogen-bond acceptors (Lipinski definition) is 5. The minimum absolute atomic E-state index is 0.0820. The molecule has 152 valence electrons. The smallest absolute Gasteiger partial charge is 0.0613 e. The zero-order chi connectivity index (χ0) is 21.0. The zero-order valence-corrected chi connectivity index (χ0v) is 17.9. The summed E-state index contributed by atoms with van der Waals surface area (Å²) >= 11 is 0. The van der Waals surface area contributed by atoms with Gasteiger partial charge in [-0.05, 0) is 30.5 Å². The summed E-state index contributed by atoms with van der Waals surface area (Å²) in [6.07, 6.45) is 5.31. The van der Waals surface area contributed by atoms with Crippen molar-refractivity contribution in [2.45, 2.75) is 41.5 Å². The average Bonchev–Trinajstić information content (AvgIpc) is 2.53. The molecule has 0 aliphatic heterocycles. The highest BCUT2D eigenvalue weighted by Gasteiger charge is 2.10. The van der Waals surface area contributed by atoms with E-state index < -0.39 is 0 Å². The third-order valence-electron chi connectivity index (χ3n) is 2.31. The van der Waals surface area contributed by atoms with Gasteiger partial charge in [-0.3, -0.25) is 5.84 Å². The summed E-state index contributed by atoms with van der Waals surface area (Å²) in [6, 6.07) is 7.55. The molecule has 0 aliphatic carbocycles. The summed E-state index contributed by atoms with van der Waals surface area (Å²) in [5, 5.41) is 13.3. The van der Waals surface area contributed by atoms with Crippen LogP contribution < -0.4 is 16.9 Å². The van der Waals surface area contributed by atoms with E-state index in [1.807, 2.05) is 58.2 Å². The first-order valence-electron chi connectivity index (χ1n) is 9.04. The predicted octanol–water partition coefficient (Wildman–Crippen LogP) is 4.29. The van der Waals surface area contributed by atoms with Crippen molar-refractivity contribution in [1.82, 2.24) is 5.01 Å². The second-order valence-electron chi connectivity index (χ2n) is 6.54. The Morgan fingerprint density at radius 2 is 1.77 bits per heavy atom. The lowest BCUT2D eigenvalue weighted by Crippen LogP contribution is -2.34. The molecule has 0 heterocycles. The van der Waals surface area contributed by atoms with E-state index in [9.17, 15) is 0 Å². The van der Waals surface area contributed by atoms with E-state index in [1.165, 1.54) is 0 Å². The van der Waals surface area contributed by atoms with Gasteiger partial charge in [0.05, 0.1) is 6.61 Å². The Morgan fingerprint density at radius 1 is 1.23 bits per heavy atom. The van der Waals surface area contributed by atoms with Crippen LogP contribution >= 0.6 is 0 Å². The third kappa shape index (κ3) is 27.0. The number of nitrogens with two attached hydrogens (primary N) is 2. The number of aliphatic hydroxyl groups is 1. The van der Waals surface area contributed by atoms with Crippen molar-refractivity contribution < 1.29 is 5.11 Å². The van der Waals surface area contributed by atoms with E-state index in [0.717, 1.165) is 17.9 Å². The van der Waals surface area contributed by atoms with Crippen molar-refractivity contribution in [3.05, 3.63) is 49.1 Å². The van der Waals surface area contributed by atoms with Gasteiger partial charge in [0.25, 0.3) is 0 Å². The Morgan fingerprint density at radius 3 is 2.12 bits per heavy atom. The van der Waals surface area contributed by atoms with E-state index in [1.54, 1.807) is 17.2 Å². The van der Waals surface area contributed by atoms with Gasteiger partial charge in [0.1, 0.15) is 0 Å². The van der Waals surface area contributed by atoms with Crippen LogP contribution in [0.5, 0.6) is 0 Å². The minimum atomic E-state index is 0.0820. The van der Waals surface area contributed by atoms with E-state index in [2.05, 4.69) is 32.7 Å². The molecule has 5 nitrogen and oxygen atoms in total. The first kappa shape index (κ1) is 29.0. The first-order valence-corrected chi connectivity index (χ1v) is 9.04. The Labute approximate surface area is 161 Å². The summed E-state index contributed by atoms with van der Waals surface area (Å²) in [7, 11) is 1.88. The standard InChI is InChI=1S/C10H14N2O.C6H16N2.C3H6.C2H6/c11-9-4-3-5-10(8-9)12-6-1-2-7-13;1-6(2,3)5-8(4)7;1-3-2;1-2/h1-5,8,12-13H,6-7,11H2;5,7H2,1-4H3;3H,1H2,2H3;1-2H3/b2-1+;;;. The maximum absolute atomic E-state index is 8.47. The number of hydrazine groups is 1. The van der Waals surface area contributed by atoms with Crippen LogP contribution in [0.2, 0.25) is 0 Å². The van der Waals surface area contributed by atoms with Crippen molar-refractivity contribution in [2.24, 2.45) is 11.3 Å². The van der Waals surface area contributed by atoms with Crippen molar-refractivity contribution in [3.8, 4) is 0 Å². The third-order valence-corrected chi connectivity index (χ3v) is 2.31. The van der Waals surface area contributed by atoms with E-state index >= 15 is 0 Å². The Balaban J connectivity index is -0.000000349. The molecule has 0 aromatic heterocycles. The molecule has 1 rings (SSSR count). The van der Waals surface area contributed by atoms with Crippen molar-refractivity contribution >= 4 is 11.4 Å². The molecule has 26 heavy (non-hydrogen) atoms. The maximum atomic E-state index is 8.47. The maximum Gasteiger partial charge on any atom is 0.0613 e. The predicted molar refractivity (Wildman–Crippen MR) is 119 cm³/mol. The van der Waals surface area contributed by atoms with E-state index in [4.69, 9.17) is 16.7 Å². The molecule has 1 aromatic rings. The molecule has 0 spiro atoms. The molecule has 0 unspecified atom stereocenters. The quantitative estimate of drug-likeness (QED) is 0.270. The van der Waals surface area contributed by atoms with Gasteiger partial charge in [0.2, 0.25) is 0 Å². The van der Waals surface area contributed by atoms with Crippen molar-refractivity contribution in [1.29, 1.82) is 0 Å². The highest BCUT2D eigenvalue weighted by atomic mass is 16.2. The number of anilines is 2. The van der Waals surface area contributed by atoms with E-state index in [-0.39, 0.29) is 6.61 Å². The Bertz CT molecular complexity index is 452. The highest BCUT2D eigenvalue weighted by molar-refractivity contribution is 5.54. The van der Waals surface area contributed by atoms with Gasteiger partial charge in [-0.1, -0.05) is 58.9 Å². The lowest BCUT2D eigenvalue weighted by Gasteiger charge is -2.22. The highest BCUT2D eigenvalue weighted by Crippen LogP contribution is 2.12. The summed E-state index contributed by atoms with van der Waals surface area (Å²) in [4.78, 5) is 0. The number of nitrogen functional groups attached to an aromatic ring is 1. The summed E-state index contributed by atoms with van der Waals surface area (Å²) in [6.45, 7) is 17.5. The molecule has 6 N–H and O–H groups in total. The molecule has 1 aromatic carbocycles. The Kier molecular flexibility index (Phi) is 21.7. The average molecular weight is 367 g/mol. The monoisotopic (exact) mass is 366 g/mol. The van der Waals surface area contributed by atoms with Crippen LogP contribution in [-0.4, -0.2) is 36.9 Å². The topological polar surface area (TPSA) is 87.5 Å². The molecule has 0 bridgehead atoms. The number of hydrogen-bond donors (Lipinski definition) is 4. The van der Waals surface area contributed by atoms with Gasteiger partial charge < -0.3 is 16.2 Å². The molecule has 0 aliphatic rings. The van der Waals surface area contributed by atoms with Gasteiger partial charge >= 0.3 is 0 Å². The molecular formula is C21H42N4O. The SMILES string of the molecule is C=CC.CC.CN(N)CC(C)(C)C.Nc1cccc(NC/C=C/CO)c1. The molecule has 5 heteroatoms. The summed E-state index contributed by atoms with van der Waals surface area (Å²) < 4.78 is 0. The van der Waals surface area contributed by atoms with Crippen LogP contribution in [0.25, 0.3) is 0 Å². The minimum Gasteiger partial charge on any atom is -0.399 e. The van der Waals surface area contributed by atoms with Crippen LogP contribution in [0.15, 0.2) is 49.1 Å². The van der Waals surface area contributed by atoms with Crippen molar-refractivity contribution in [3.63, 3.8) is 0 Å². The first-order chi connectivity index (χ1) is 12.2. The number of nitrogens with one attached hydrogen (secondary N) is 1. The number of benzene rings is 1. The van der Waals surface area contributed by atoms with Crippen LogP contribution in [0, 0.1) is 5.41 Å². The summed E-state index contributed by atoms with van der Waals surface area (Å²) in [5.41, 5.74) is 7.65. The largest absolute Gasteiger partial charge is 0.399 e. The normalized spacial score (nSPS) is 9.92.